The number of hydrogen-bond acceptors (Lipinski definition) is 1. The maximum absolute atomic E-state index is 11.5. The Morgan fingerprint density at radius 2 is 2.08 bits per heavy atom. The van der Waals surface area contributed by atoms with Crippen LogP contribution >= 0.6 is 0 Å². The fourth-order valence-corrected chi connectivity index (χ4v) is 1.61. The monoisotopic (exact) mass is 190 g/mol. The van der Waals surface area contributed by atoms with E-state index in [1.807, 2.05) is 37.8 Å². The minimum absolute atomic E-state index is 0.0261. The Labute approximate surface area is 85.3 Å². The van der Waals surface area contributed by atoms with Gasteiger partial charge < -0.3 is 4.30 Å². The lowest BCUT2D eigenvalue weighted by molar-refractivity contribution is 0.0980. The van der Waals surface area contributed by atoms with Crippen molar-refractivity contribution in [1.29, 1.82) is 0 Å². The molecule has 1 aromatic rings. The van der Waals surface area contributed by atoms with Crippen LogP contribution in [-0.2, 0) is 0 Å². The van der Waals surface area contributed by atoms with Gasteiger partial charge in [-0.2, -0.15) is 0 Å². The normalized spacial score (nSPS) is 9.46. The molecule has 1 N–H and O–H groups in total. The minimum atomic E-state index is 0.0261. The van der Waals surface area contributed by atoms with Crippen molar-refractivity contribution in [3.8, 4) is 0 Å². The van der Waals surface area contributed by atoms with Crippen molar-refractivity contribution in [2.75, 3.05) is 0 Å². The molecule has 3 heteroatoms. The number of hydrogen-bond donors (Lipinski definition) is 1. The zero-order valence-corrected chi connectivity index (χ0v) is 9.37. The molecule has 13 heavy (non-hydrogen) atoms. The summed E-state index contributed by atoms with van der Waals surface area (Å²) in [5, 5.41) is 0. The van der Waals surface area contributed by atoms with E-state index in [-0.39, 0.29) is 21.3 Å². The molecule has 0 heterocycles. The molecule has 0 fully saturated rings. The molecule has 0 bridgehead atoms. The molecule has 1 amide bonds. The fourth-order valence-electron chi connectivity index (χ4n) is 1.19. The first-order valence-corrected chi connectivity index (χ1v) is 6.04. The molecular formula is C10H13AlNO. The summed E-state index contributed by atoms with van der Waals surface area (Å²) in [4.78, 5) is 11.5. The second kappa shape index (κ2) is 4.46. The van der Waals surface area contributed by atoms with Crippen molar-refractivity contribution in [1.82, 2.24) is 4.30 Å². The van der Waals surface area contributed by atoms with E-state index in [1.165, 1.54) is 0 Å². The molecular weight excluding hydrogens is 177 g/mol. The predicted molar refractivity (Wildman–Crippen MR) is 55.0 cm³/mol. The van der Waals surface area contributed by atoms with Gasteiger partial charge in [0.15, 0.2) is 0 Å². The van der Waals surface area contributed by atoms with Crippen LogP contribution in [0.4, 0.5) is 0 Å². The highest BCUT2D eigenvalue weighted by molar-refractivity contribution is 6.36. The van der Waals surface area contributed by atoms with E-state index < -0.39 is 0 Å². The first-order chi connectivity index (χ1) is 6.15. The van der Waals surface area contributed by atoms with E-state index in [1.54, 1.807) is 0 Å². The molecule has 1 radical (unpaired) electrons. The van der Waals surface area contributed by atoms with E-state index >= 15 is 0 Å². The Morgan fingerprint density at radius 1 is 1.38 bits per heavy atom. The molecule has 0 unspecified atom stereocenters. The van der Waals surface area contributed by atoms with Gasteiger partial charge in [0, 0.05) is 5.56 Å². The van der Waals surface area contributed by atoms with Gasteiger partial charge in [-0.25, -0.2) is 0 Å². The Morgan fingerprint density at radius 3 is 2.69 bits per heavy atom. The third-order valence-corrected chi connectivity index (χ3v) is 2.46. The van der Waals surface area contributed by atoms with Crippen molar-refractivity contribution in [3.63, 3.8) is 0 Å². The molecule has 67 valence electrons. The van der Waals surface area contributed by atoms with Gasteiger partial charge >= 0.3 is 15.4 Å². The summed E-state index contributed by atoms with van der Waals surface area (Å²) in [6.07, 6.45) is 0. The number of rotatable bonds is 2. The van der Waals surface area contributed by atoms with Crippen molar-refractivity contribution in [3.05, 3.63) is 34.9 Å². The van der Waals surface area contributed by atoms with Crippen molar-refractivity contribution < 1.29 is 4.79 Å². The second-order valence-corrected chi connectivity index (χ2v) is 3.95. The van der Waals surface area contributed by atoms with E-state index in [0.29, 0.717) is 0 Å². The Bertz CT molecular complexity index is 323. The van der Waals surface area contributed by atoms with Crippen LogP contribution in [0, 0.1) is 13.8 Å². The summed E-state index contributed by atoms with van der Waals surface area (Å²) in [5.74, 6) is 2.06. The SMILES string of the molecule is [CH3][Al][NH]C(=O)c1cc(C)ccc1C. The first-order valence-electron chi connectivity index (χ1n) is 4.31. The third kappa shape index (κ3) is 2.58. The molecule has 0 spiro atoms. The number of carbonyl (C=O) groups excluding carboxylic acids is 1. The molecule has 1 aromatic carbocycles. The van der Waals surface area contributed by atoms with Crippen LogP contribution in [-0.4, -0.2) is 21.3 Å². The summed E-state index contributed by atoms with van der Waals surface area (Å²) in [5.41, 5.74) is 2.96. The molecule has 0 saturated carbocycles. The van der Waals surface area contributed by atoms with Crippen molar-refractivity contribution in [2.24, 2.45) is 0 Å². The maximum Gasteiger partial charge on any atom is 0.367 e. The molecule has 0 atom stereocenters. The Kier molecular flexibility index (Phi) is 3.53. The number of amides is 1. The van der Waals surface area contributed by atoms with Crippen LogP contribution in [0.5, 0.6) is 0 Å². The molecule has 1 rings (SSSR count). The van der Waals surface area contributed by atoms with Crippen LogP contribution in [0.1, 0.15) is 21.5 Å². The smallest absolute Gasteiger partial charge is 0.367 e. The molecule has 0 aliphatic carbocycles. The Hall–Kier alpha value is -0.778. The molecule has 0 saturated heterocycles. The Balaban J connectivity index is 2.99. The largest absolute Gasteiger partial charge is 0.450 e. The number of aryl methyl sites for hydroxylation is 2. The van der Waals surface area contributed by atoms with E-state index in [4.69, 9.17) is 0 Å². The number of carbonyl (C=O) groups is 1. The highest BCUT2D eigenvalue weighted by Gasteiger charge is 2.06. The van der Waals surface area contributed by atoms with E-state index in [9.17, 15) is 4.79 Å². The lowest BCUT2D eigenvalue weighted by Crippen LogP contribution is -2.25. The summed E-state index contributed by atoms with van der Waals surface area (Å²) in [6, 6.07) is 5.93. The van der Waals surface area contributed by atoms with Crippen molar-refractivity contribution >= 4 is 21.3 Å². The zero-order chi connectivity index (χ0) is 9.84. The first kappa shape index (κ1) is 10.3. The van der Waals surface area contributed by atoms with Gasteiger partial charge in [-0.05, 0) is 25.5 Å². The molecule has 0 aliphatic heterocycles. The highest BCUT2D eigenvalue weighted by Crippen LogP contribution is 2.09. The number of nitrogens with one attached hydrogen (secondary N) is 1. The number of benzene rings is 1. The van der Waals surface area contributed by atoms with Crippen LogP contribution in [0.3, 0.4) is 0 Å². The molecule has 0 aliphatic rings. The average Bonchev–Trinajstić information content (AvgIpc) is 2.09. The molecule has 2 nitrogen and oxygen atoms in total. The van der Waals surface area contributed by atoms with Gasteiger partial charge in [-0.1, -0.05) is 23.5 Å². The minimum Gasteiger partial charge on any atom is -0.450 e. The van der Waals surface area contributed by atoms with Gasteiger partial charge in [0.2, 0.25) is 5.91 Å². The summed E-state index contributed by atoms with van der Waals surface area (Å²) >= 11 is 0.0261. The standard InChI is InChI=1S/C9H11NO.CH3.Al/c1-6-3-4-7(2)8(5-6)9(10)11;;/h3-5H,1-2H3,(H2,10,11);1H3;/q;;+1/p-1. The molecule has 0 aromatic heterocycles. The average molecular weight is 190 g/mol. The quantitative estimate of drug-likeness (QED) is 0.706. The third-order valence-electron chi connectivity index (χ3n) is 1.91. The van der Waals surface area contributed by atoms with Gasteiger partial charge in [0.25, 0.3) is 0 Å². The summed E-state index contributed by atoms with van der Waals surface area (Å²) in [7, 11) is 0. The fraction of sp³-hybridized carbons (Fsp3) is 0.300. The van der Waals surface area contributed by atoms with Gasteiger partial charge in [0.1, 0.15) is 0 Å². The zero-order valence-electron chi connectivity index (χ0n) is 8.22. The van der Waals surface area contributed by atoms with Crippen LogP contribution < -0.4 is 4.30 Å². The topological polar surface area (TPSA) is 29.1 Å². The van der Waals surface area contributed by atoms with Gasteiger partial charge in [-0.15, -0.1) is 0 Å². The second-order valence-electron chi connectivity index (χ2n) is 3.08. The van der Waals surface area contributed by atoms with Crippen molar-refractivity contribution in [2.45, 2.75) is 19.6 Å². The van der Waals surface area contributed by atoms with Gasteiger partial charge in [-0.3, -0.25) is 4.79 Å². The van der Waals surface area contributed by atoms with Crippen LogP contribution in [0.25, 0.3) is 0 Å². The van der Waals surface area contributed by atoms with Gasteiger partial charge in [0.05, 0.1) is 0 Å². The van der Waals surface area contributed by atoms with Crippen LogP contribution in [0.2, 0.25) is 5.79 Å². The lowest BCUT2D eigenvalue weighted by atomic mass is 10.1. The predicted octanol–water partition coefficient (Wildman–Crippen LogP) is 1.70. The van der Waals surface area contributed by atoms with E-state index in [0.717, 1.165) is 16.7 Å². The maximum atomic E-state index is 11.5. The highest BCUT2D eigenvalue weighted by atomic mass is 27.1. The van der Waals surface area contributed by atoms with Crippen LogP contribution in [0.15, 0.2) is 18.2 Å². The lowest BCUT2D eigenvalue weighted by Gasteiger charge is -2.06. The van der Waals surface area contributed by atoms with E-state index in [2.05, 4.69) is 4.30 Å². The summed E-state index contributed by atoms with van der Waals surface area (Å²) in [6.45, 7) is 3.95. The summed E-state index contributed by atoms with van der Waals surface area (Å²) < 4.78 is 2.87.